The molecule has 2 aliphatic carbocycles. The van der Waals surface area contributed by atoms with Crippen molar-refractivity contribution < 1.29 is 15.6 Å². The molecule has 0 aromatic heterocycles. The van der Waals surface area contributed by atoms with Gasteiger partial charge in [0.25, 0.3) is 0 Å². The summed E-state index contributed by atoms with van der Waals surface area (Å²) in [7, 11) is 18.4. The van der Waals surface area contributed by atoms with Gasteiger partial charge in [-0.3, -0.25) is 0 Å². The van der Waals surface area contributed by atoms with E-state index in [0.717, 1.165) is 0 Å². The van der Waals surface area contributed by atoms with E-state index in [0.29, 0.717) is 0 Å². The molecule has 0 heterocycles. The Labute approximate surface area is 376 Å². The summed E-state index contributed by atoms with van der Waals surface area (Å²) in [5, 5.41) is 0. The van der Waals surface area contributed by atoms with Crippen LogP contribution in [0, 0.1) is 13.8 Å². The van der Waals surface area contributed by atoms with Crippen molar-refractivity contribution in [2.45, 2.75) is 34.2 Å². The predicted octanol–water partition coefficient (Wildman–Crippen LogP) is 16.8. The molecule has 62 heavy (non-hydrogen) atoms. The van der Waals surface area contributed by atoms with Crippen molar-refractivity contribution >= 4 is 46.2 Å². The number of fused-ring (bicyclic) bond motifs is 2. The summed E-state index contributed by atoms with van der Waals surface area (Å²) in [6, 6.07) is 70.7. The van der Waals surface area contributed by atoms with Gasteiger partial charge < -0.3 is 0 Å². The van der Waals surface area contributed by atoms with E-state index in [1.54, 1.807) is 0 Å². The Bertz CT molecular complexity index is 2840. The minimum absolute atomic E-state index is 0.157. The number of hydrogen-bond acceptors (Lipinski definition) is 0. The van der Waals surface area contributed by atoms with Gasteiger partial charge >= 0.3 is 379 Å². The van der Waals surface area contributed by atoms with Crippen molar-refractivity contribution in [1.29, 1.82) is 0 Å². The molecule has 10 rings (SSSR count). The third kappa shape index (κ3) is 6.65. The van der Waals surface area contributed by atoms with E-state index < -0.39 is 21.5 Å². The summed E-state index contributed by atoms with van der Waals surface area (Å²) >= 11 is -5.41. The molecule has 0 saturated carbocycles. The summed E-state index contributed by atoms with van der Waals surface area (Å²) in [4.78, 5) is 0. The molecular formula is C58H49Cl2SiZr. The summed E-state index contributed by atoms with van der Waals surface area (Å²) in [5.41, 5.74) is 22.2. The molecule has 2 unspecified atom stereocenters. The van der Waals surface area contributed by atoms with E-state index in [4.69, 9.17) is 0 Å². The van der Waals surface area contributed by atoms with Gasteiger partial charge in [0.1, 0.15) is 0 Å². The fraction of sp³-hybridized carbons (Fsp3) is 0.103. The Morgan fingerprint density at radius 1 is 0.371 bits per heavy atom. The van der Waals surface area contributed by atoms with Crippen LogP contribution >= 0.6 is 17.0 Å². The van der Waals surface area contributed by atoms with Crippen LogP contribution in [-0.2, 0) is 15.6 Å². The summed E-state index contributed by atoms with van der Waals surface area (Å²) < 4.78 is -0.314. The van der Waals surface area contributed by atoms with E-state index in [1.807, 2.05) is 0 Å². The normalized spacial score (nSPS) is 16.3. The molecular weight excluding hydrogens is 887 g/mol. The summed E-state index contributed by atoms with van der Waals surface area (Å²) in [6.45, 7) is 9.37. The van der Waals surface area contributed by atoms with Crippen molar-refractivity contribution in [2.75, 3.05) is 0 Å². The molecule has 303 valence electrons. The first-order chi connectivity index (χ1) is 30.1. The van der Waals surface area contributed by atoms with Crippen LogP contribution in [0.5, 0.6) is 0 Å². The van der Waals surface area contributed by atoms with Crippen molar-refractivity contribution in [3.8, 4) is 44.5 Å². The molecule has 0 spiro atoms. The fourth-order valence-corrected chi connectivity index (χ4v) is 40.8. The average Bonchev–Trinajstić information content (AvgIpc) is 3.92. The molecule has 0 bridgehead atoms. The van der Waals surface area contributed by atoms with Crippen LogP contribution < -0.4 is 0 Å². The number of benzene rings is 8. The van der Waals surface area contributed by atoms with Crippen LogP contribution in [0.4, 0.5) is 0 Å². The molecule has 0 saturated heterocycles. The summed E-state index contributed by atoms with van der Waals surface area (Å²) in [5.74, 6) is -1.95. The quantitative estimate of drug-likeness (QED) is 0.127. The van der Waals surface area contributed by atoms with E-state index in [1.165, 1.54) is 100 Å². The number of allylic oxidation sites excluding steroid dienone is 2. The standard InChI is InChI=1S/2C28H21.C2H7Si.2ClH.Zr/c2*1-20-10-8-9-15-25(20)28-26(22-13-6-3-7-14-22)17-16-23-18-24(19-27(23)28)21-11-4-2-5-12-21;1-3-2;;;/h2*2-19H,1H3;3H,1-2H3;2*1H;/q;;;;;+2/p-2. The van der Waals surface area contributed by atoms with Crippen molar-refractivity contribution in [3.05, 3.63) is 239 Å². The third-order valence-electron chi connectivity index (χ3n) is 13.8. The van der Waals surface area contributed by atoms with Gasteiger partial charge in [0, 0.05) is 0 Å². The van der Waals surface area contributed by atoms with Crippen LogP contribution in [-0.4, -0.2) is 5.92 Å². The number of halogens is 2. The van der Waals surface area contributed by atoms with Gasteiger partial charge in [0.15, 0.2) is 0 Å². The molecule has 0 amide bonds. The van der Waals surface area contributed by atoms with Crippen LogP contribution in [0.2, 0.25) is 13.1 Å². The van der Waals surface area contributed by atoms with Gasteiger partial charge in [0.05, 0.1) is 0 Å². The molecule has 8 aromatic rings. The topological polar surface area (TPSA) is 0 Å². The number of rotatable bonds is 9. The van der Waals surface area contributed by atoms with Crippen molar-refractivity contribution in [1.82, 2.24) is 0 Å². The molecule has 0 radical (unpaired) electrons. The van der Waals surface area contributed by atoms with E-state index >= 15 is 0 Å². The number of aryl methyl sites for hydroxylation is 2. The maximum atomic E-state index is 9.21. The van der Waals surface area contributed by atoms with Crippen molar-refractivity contribution in [3.63, 3.8) is 0 Å². The minimum atomic E-state index is -5.41. The first kappa shape index (κ1) is 41.0. The van der Waals surface area contributed by atoms with Gasteiger partial charge in [0.2, 0.25) is 0 Å². The SMILES string of the molecule is Cc1ccccc1-c1c(-c2ccccc2)ccc2c1C=C(c1ccccc1)[CH]2[Zr]([Cl])([Cl])([CH]1C(c2ccccc2)=Cc2c1ccc(-c1ccccc1)c2-c1ccccc1C)[SiH](C)C. The molecule has 0 fully saturated rings. The van der Waals surface area contributed by atoms with E-state index in [9.17, 15) is 17.0 Å². The summed E-state index contributed by atoms with van der Waals surface area (Å²) in [6.07, 6.45) is 4.97. The molecule has 2 aliphatic rings. The van der Waals surface area contributed by atoms with Crippen LogP contribution in [0.15, 0.2) is 194 Å². The molecule has 4 heteroatoms. The molecule has 0 aliphatic heterocycles. The Morgan fingerprint density at radius 2 is 0.694 bits per heavy atom. The second kappa shape index (κ2) is 16.2. The number of hydrogen-bond donors (Lipinski definition) is 0. The predicted molar refractivity (Wildman–Crippen MR) is 269 cm³/mol. The first-order valence-electron chi connectivity index (χ1n) is 21.8. The first-order valence-corrected chi connectivity index (χ1v) is 38.1. The van der Waals surface area contributed by atoms with Gasteiger partial charge in [-0.2, -0.15) is 0 Å². The second-order valence-electron chi connectivity index (χ2n) is 17.5. The molecule has 0 N–H and O–H groups in total. The van der Waals surface area contributed by atoms with Gasteiger partial charge in [-0.1, -0.05) is 0 Å². The van der Waals surface area contributed by atoms with Gasteiger partial charge in [-0.05, 0) is 0 Å². The Hall–Kier alpha value is -5.08. The van der Waals surface area contributed by atoms with Crippen LogP contribution in [0.1, 0.15) is 51.8 Å². The Morgan fingerprint density at radius 3 is 1.03 bits per heavy atom. The average molecular weight is 936 g/mol. The zero-order valence-corrected chi connectivity index (χ0v) is 40.7. The van der Waals surface area contributed by atoms with Crippen LogP contribution in [0.3, 0.4) is 0 Å². The monoisotopic (exact) mass is 933 g/mol. The van der Waals surface area contributed by atoms with Gasteiger partial charge in [-0.25, -0.2) is 0 Å². The Balaban J connectivity index is 1.31. The molecule has 0 nitrogen and oxygen atoms in total. The Kier molecular flexibility index (Phi) is 10.7. The van der Waals surface area contributed by atoms with Crippen molar-refractivity contribution in [2.24, 2.45) is 0 Å². The van der Waals surface area contributed by atoms with E-state index in [2.05, 4.69) is 233 Å². The zero-order chi connectivity index (χ0) is 42.6. The second-order valence-corrected chi connectivity index (χ2v) is 60.0. The maximum absolute atomic E-state index is 9.21. The van der Waals surface area contributed by atoms with E-state index in [-0.39, 0.29) is 7.25 Å². The molecule has 2 atom stereocenters. The zero-order valence-electron chi connectivity index (χ0n) is 35.6. The third-order valence-corrected chi connectivity index (χ3v) is 65.4. The fourth-order valence-electron chi connectivity index (χ4n) is 10.7. The molecule has 8 aromatic carbocycles. The van der Waals surface area contributed by atoms with Crippen LogP contribution in [0.25, 0.3) is 67.8 Å². The van der Waals surface area contributed by atoms with Gasteiger partial charge in [-0.15, -0.1) is 0 Å².